The molecule has 9 N–H and O–H groups in total. The maximum absolute atomic E-state index is 13.1. The molecule has 0 saturated carbocycles. The first kappa shape index (κ1) is 54.9. The first-order valence-electron chi connectivity index (χ1n) is 23.9. The van der Waals surface area contributed by atoms with Crippen molar-refractivity contribution in [1.82, 2.24) is 5.32 Å². The van der Waals surface area contributed by atoms with Gasteiger partial charge in [-0.15, -0.1) is 0 Å². The summed E-state index contributed by atoms with van der Waals surface area (Å²) in [5.41, 5.74) is 0. The fourth-order valence-electron chi connectivity index (χ4n) is 8.00. The van der Waals surface area contributed by atoms with Crippen LogP contribution in [0.15, 0.2) is 12.2 Å². The number of unbranched alkanes of at least 4 members (excludes halogenated alkanes) is 23. The number of hydrogen-bond acceptors (Lipinski definition) is 13. The smallest absolute Gasteiger partial charge is 0.220 e. The molecule has 0 bridgehead atoms. The highest BCUT2D eigenvalue weighted by Gasteiger charge is 2.51. The van der Waals surface area contributed by atoms with Crippen molar-refractivity contribution < 1.29 is 64.6 Å². The number of carbonyl (C=O) groups excluding carboxylic acids is 1. The predicted molar refractivity (Wildman–Crippen MR) is 231 cm³/mol. The lowest BCUT2D eigenvalue weighted by molar-refractivity contribution is -0.359. The standard InChI is InChI=1S/C46H87NO13/c1-3-5-7-9-11-13-15-17-18-20-22-24-26-28-30-38(51)47-34(35(50)29-27-25-23-21-19-16-14-12-10-8-6-4-2)33-57-45-43(56)41(54)44(37(32-49)59-45)60-46-42(55)40(53)39(52)36(31-48)58-46/h27,29,34-37,39-46,48-50,52-56H,3-26,28,30-33H2,1-2H3,(H,47,51)/b29-27+/t34-,35+,36+,37+,39-,40?,41?,42?,43?,44+,45+,46-/m0/s1. The minimum Gasteiger partial charge on any atom is -0.394 e. The van der Waals surface area contributed by atoms with Crippen molar-refractivity contribution in [3.8, 4) is 0 Å². The van der Waals surface area contributed by atoms with Gasteiger partial charge in [-0.05, 0) is 19.3 Å². The highest BCUT2D eigenvalue weighted by atomic mass is 16.7. The molecule has 2 saturated heterocycles. The van der Waals surface area contributed by atoms with Crippen molar-refractivity contribution in [2.24, 2.45) is 0 Å². The Kier molecular flexibility index (Phi) is 31.3. The summed E-state index contributed by atoms with van der Waals surface area (Å²) in [6.07, 6.45) is 16.8. The van der Waals surface area contributed by atoms with E-state index in [1.54, 1.807) is 6.08 Å². The minimum atomic E-state index is -1.78. The Balaban J connectivity index is 1.88. The summed E-state index contributed by atoms with van der Waals surface area (Å²) in [6.45, 7) is 2.76. The normalized spacial score (nSPS) is 28.3. The molecule has 4 unspecified atom stereocenters. The van der Waals surface area contributed by atoms with Gasteiger partial charge in [0.05, 0.1) is 32.0 Å². The summed E-state index contributed by atoms with van der Waals surface area (Å²) in [6, 6.07) is -0.906. The number of ether oxygens (including phenoxy) is 4. The number of aliphatic hydroxyl groups is 8. The average Bonchev–Trinajstić information content (AvgIpc) is 3.24. The molecule has 0 aromatic heterocycles. The van der Waals surface area contributed by atoms with Crippen LogP contribution in [0.25, 0.3) is 0 Å². The zero-order valence-corrected chi connectivity index (χ0v) is 37.2. The van der Waals surface area contributed by atoms with Crippen molar-refractivity contribution in [3.05, 3.63) is 12.2 Å². The quantitative estimate of drug-likeness (QED) is 0.0292. The lowest BCUT2D eigenvalue weighted by Crippen LogP contribution is -2.65. The molecule has 14 nitrogen and oxygen atoms in total. The SMILES string of the molecule is CCCCCCCCCCCC/C=C/[C@@H](O)[C@H](CO[C@@H]1O[C@H](CO)[C@@H](O[C@@H]2O[C@H](CO)[C@H](O)C(O)C2O)C(O)C1O)NC(=O)CCCCCCCCCCCCCCCC. The van der Waals surface area contributed by atoms with E-state index in [4.69, 9.17) is 18.9 Å². The van der Waals surface area contributed by atoms with Crippen molar-refractivity contribution in [2.45, 2.75) is 254 Å². The fourth-order valence-corrected chi connectivity index (χ4v) is 8.00. The largest absolute Gasteiger partial charge is 0.394 e. The van der Waals surface area contributed by atoms with Crippen LogP contribution in [-0.4, -0.2) is 140 Å². The van der Waals surface area contributed by atoms with E-state index >= 15 is 0 Å². The molecular weight excluding hydrogens is 774 g/mol. The Morgan fingerprint density at radius 2 is 1.03 bits per heavy atom. The molecule has 2 fully saturated rings. The Hall–Kier alpha value is -1.27. The monoisotopic (exact) mass is 862 g/mol. The molecule has 354 valence electrons. The van der Waals surface area contributed by atoms with Gasteiger partial charge in [-0.25, -0.2) is 0 Å². The number of amides is 1. The van der Waals surface area contributed by atoms with E-state index in [1.165, 1.54) is 116 Å². The van der Waals surface area contributed by atoms with Gasteiger partial charge in [0.2, 0.25) is 5.91 Å². The fraction of sp³-hybridized carbons (Fsp3) is 0.935. The molecule has 0 radical (unpaired) electrons. The molecule has 0 spiro atoms. The van der Waals surface area contributed by atoms with Gasteiger partial charge in [-0.3, -0.25) is 4.79 Å². The molecular formula is C46H87NO13. The Morgan fingerprint density at radius 3 is 1.53 bits per heavy atom. The molecule has 0 aliphatic carbocycles. The van der Waals surface area contributed by atoms with Crippen molar-refractivity contribution in [1.29, 1.82) is 0 Å². The highest BCUT2D eigenvalue weighted by molar-refractivity contribution is 5.76. The van der Waals surface area contributed by atoms with E-state index in [-0.39, 0.29) is 18.9 Å². The Labute approximate surface area is 361 Å². The summed E-state index contributed by atoms with van der Waals surface area (Å²) < 4.78 is 22.6. The highest BCUT2D eigenvalue weighted by Crippen LogP contribution is 2.30. The summed E-state index contributed by atoms with van der Waals surface area (Å²) in [5.74, 6) is -0.240. The van der Waals surface area contributed by atoms with Gasteiger partial charge in [0.25, 0.3) is 0 Å². The lowest BCUT2D eigenvalue weighted by Gasteiger charge is -2.46. The lowest BCUT2D eigenvalue weighted by atomic mass is 9.97. The molecule has 2 aliphatic rings. The number of allylic oxidation sites excluding steroid dienone is 1. The van der Waals surface area contributed by atoms with Crippen LogP contribution < -0.4 is 5.32 Å². The van der Waals surface area contributed by atoms with Gasteiger partial charge in [-0.1, -0.05) is 167 Å². The van der Waals surface area contributed by atoms with E-state index in [1.807, 2.05) is 6.08 Å². The third kappa shape index (κ3) is 21.9. The van der Waals surface area contributed by atoms with Gasteiger partial charge in [-0.2, -0.15) is 0 Å². The van der Waals surface area contributed by atoms with Gasteiger partial charge in [0.1, 0.15) is 48.8 Å². The zero-order chi connectivity index (χ0) is 44.0. The Morgan fingerprint density at radius 1 is 0.583 bits per heavy atom. The molecule has 0 aromatic rings. The van der Waals surface area contributed by atoms with E-state index in [2.05, 4.69) is 19.2 Å². The van der Waals surface area contributed by atoms with Crippen molar-refractivity contribution in [3.63, 3.8) is 0 Å². The first-order valence-corrected chi connectivity index (χ1v) is 23.9. The molecule has 12 atom stereocenters. The summed E-state index contributed by atoms with van der Waals surface area (Å²) in [4.78, 5) is 13.1. The van der Waals surface area contributed by atoms with Crippen molar-refractivity contribution in [2.75, 3.05) is 19.8 Å². The topological polar surface area (TPSA) is 228 Å². The minimum absolute atomic E-state index is 0.240. The van der Waals surface area contributed by atoms with Crippen LogP contribution in [0.3, 0.4) is 0 Å². The van der Waals surface area contributed by atoms with Gasteiger partial charge < -0.3 is 65.1 Å². The number of hydrogen-bond donors (Lipinski definition) is 9. The van der Waals surface area contributed by atoms with E-state index < -0.39 is 86.8 Å². The molecule has 2 heterocycles. The predicted octanol–water partition coefficient (Wildman–Crippen LogP) is 5.21. The van der Waals surface area contributed by atoms with Crippen LogP contribution in [0.2, 0.25) is 0 Å². The zero-order valence-electron chi connectivity index (χ0n) is 37.2. The summed E-state index contributed by atoms with van der Waals surface area (Å²) in [5, 5.41) is 86.5. The third-order valence-electron chi connectivity index (χ3n) is 12.0. The molecule has 14 heteroatoms. The molecule has 2 rings (SSSR count). The number of aliphatic hydroxyl groups excluding tert-OH is 8. The van der Waals surface area contributed by atoms with Crippen LogP contribution in [0.5, 0.6) is 0 Å². The molecule has 0 aromatic carbocycles. The van der Waals surface area contributed by atoms with Crippen LogP contribution in [0, 0.1) is 0 Å². The second-order valence-electron chi connectivity index (χ2n) is 17.2. The maximum Gasteiger partial charge on any atom is 0.220 e. The van der Waals surface area contributed by atoms with Crippen molar-refractivity contribution >= 4 is 5.91 Å². The first-order chi connectivity index (χ1) is 29.1. The average molecular weight is 862 g/mol. The van der Waals surface area contributed by atoms with Gasteiger partial charge in [0.15, 0.2) is 12.6 Å². The van der Waals surface area contributed by atoms with E-state index in [9.17, 15) is 45.6 Å². The van der Waals surface area contributed by atoms with Crippen LogP contribution >= 0.6 is 0 Å². The van der Waals surface area contributed by atoms with Crippen LogP contribution in [0.1, 0.15) is 181 Å². The van der Waals surface area contributed by atoms with Crippen LogP contribution in [-0.2, 0) is 23.7 Å². The number of rotatable bonds is 36. The molecule has 1 amide bonds. The summed E-state index contributed by atoms with van der Waals surface area (Å²) in [7, 11) is 0. The van der Waals surface area contributed by atoms with Crippen LogP contribution in [0.4, 0.5) is 0 Å². The van der Waals surface area contributed by atoms with Gasteiger partial charge in [0, 0.05) is 6.42 Å². The second kappa shape index (κ2) is 34.2. The molecule has 2 aliphatic heterocycles. The molecule has 60 heavy (non-hydrogen) atoms. The maximum atomic E-state index is 13.1. The number of carbonyl (C=O) groups is 1. The van der Waals surface area contributed by atoms with E-state index in [0.29, 0.717) is 6.42 Å². The summed E-state index contributed by atoms with van der Waals surface area (Å²) >= 11 is 0. The van der Waals surface area contributed by atoms with Gasteiger partial charge >= 0.3 is 0 Å². The third-order valence-corrected chi connectivity index (χ3v) is 12.0. The number of nitrogens with one attached hydrogen (secondary N) is 1. The van der Waals surface area contributed by atoms with E-state index in [0.717, 1.165) is 38.5 Å². The Bertz CT molecular complexity index is 1070. The second-order valence-corrected chi connectivity index (χ2v) is 17.2.